The van der Waals surface area contributed by atoms with Crippen LogP contribution >= 0.6 is 0 Å². The summed E-state index contributed by atoms with van der Waals surface area (Å²) in [5, 5.41) is 5.45. The van der Waals surface area contributed by atoms with Crippen molar-refractivity contribution in [3.05, 3.63) is 42.0 Å². The average Bonchev–Trinajstić information content (AvgIpc) is 2.62. The van der Waals surface area contributed by atoms with Crippen LogP contribution in [0.15, 0.2) is 30.3 Å². The SMILES string of the molecule is COc1cc(NC(=O)CCNc2ccc(F)cc2F)cc(OC)c1OC. The van der Waals surface area contributed by atoms with Gasteiger partial charge in [0.1, 0.15) is 11.6 Å². The molecule has 2 aromatic rings. The minimum atomic E-state index is -0.713. The second-order valence-corrected chi connectivity index (χ2v) is 5.26. The van der Waals surface area contributed by atoms with E-state index in [1.54, 1.807) is 12.1 Å². The Hall–Kier alpha value is -3.03. The highest BCUT2D eigenvalue weighted by atomic mass is 19.1. The fraction of sp³-hybridized carbons (Fsp3) is 0.278. The van der Waals surface area contributed by atoms with E-state index in [1.165, 1.54) is 27.4 Å². The van der Waals surface area contributed by atoms with Gasteiger partial charge in [-0.2, -0.15) is 0 Å². The molecule has 0 radical (unpaired) electrons. The molecule has 0 spiro atoms. The minimum Gasteiger partial charge on any atom is -0.493 e. The number of hydrogen-bond acceptors (Lipinski definition) is 5. The maximum Gasteiger partial charge on any atom is 0.226 e. The van der Waals surface area contributed by atoms with Gasteiger partial charge < -0.3 is 24.8 Å². The quantitative estimate of drug-likeness (QED) is 0.749. The van der Waals surface area contributed by atoms with Crippen molar-refractivity contribution in [2.75, 3.05) is 38.5 Å². The van der Waals surface area contributed by atoms with Crippen LogP contribution in [0, 0.1) is 11.6 Å². The maximum absolute atomic E-state index is 13.5. The van der Waals surface area contributed by atoms with Gasteiger partial charge in [0.05, 0.1) is 27.0 Å². The zero-order valence-corrected chi connectivity index (χ0v) is 14.7. The molecule has 0 saturated heterocycles. The smallest absolute Gasteiger partial charge is 0.226 e. The number of nitrogens with one attached hydrogen (secondary N) is 2. The molecule has 0 unspecified atom stereocenters. The lowest BCUT2D eigenvalue weighted by Crippen LogP contribution is -2.16. The predicted octanol–water partition coefficient (Wildman–Crippen LogP) is 3.43. The molecule has 0 fully saturated rings. The zero-order valence-electron chi connectivity index (χ0n) is 14.7. The molecule has 0 aliphatic rings. The molecule has 0 aromatic heterocycles. The molecule has 2 rings (SSSR count). The van der Waals surface area contributed by atoms with E-state index in [0.717, 1.165) is 12.1 Å². The van der Waals surface area contributed by atoms with E-state index >= 15 is 0 Å². The van der Waals surface area contributed by atoms with Crippen LogP contribution in [-0.2, 0) is 4.79 Å². The van der Waals surface area contributed by atoms with Gasteiger partial charge in [-0.05, 0) is 12.1 Å². The maximum atomic E-state index is 13.5. The lowest BCUT2D eigenvalue weighted by atomic mass is 10.2. The Labute approximate surface area is 150 Å². The molecule has 1 amide bonds. The first-order valence-electron chi connectivity index (χ1n) is 7.77. The van der Waals surface area contributed by atoms with E-state index < -0.39 is 11.6 Å². The molecule has 6 nitrogen and oxygen atoms in total. The summed E-state index contributed by atoms with van der Waals surface area (Å²) in [7, 11) is 4.44. The summed E-state index contributed by atoms with van der Waals surface area (Å²) in [6.07, 6.45) is 0.0769. The molecule has 2 aromatic carbocycles. The van der Waals surface area contributed by atoms with E-state index in [0.29, 0.717) is 22.9 Å². The van der Waals surface area contributed by atoms with Crippen molar-refractivity contribution < 1.29 is 27.8 Å². The van der Waals surface area contributed by atoms with Crippen LogP contribution in [0.2, 0.25) is 0 Å². The van der Waals surface area contributed by atoms with Gasteiger partial charge in [-0.15, -0.1) is 0 Å². The highest BCUT2D eigenvalue weighted by molar-refractivity contribution is 5.91. The van der Waals surface area contributed by atoms with Crippen molar-refractivity contribution in [1.29, 1.82) is 0 Å². The van der Waals surface area contributed by atoms with Crippen molar-refractivity contribution in [1.82, 2.24) is 0 Å². The van der Waals surface area contributed by atoms with Crippen LogP contribution in [0.3, 0.4) is 0 Å². The first kappa shape index (κ1) is 19.3. The number of methoxy groups -OCH3 is 3. The van der Waals surface area contributed by atoms with Crippen LogP contribution in [-0.4, -0.2) is 33.8 Å². The average molecular weight is 366 g/mol. The van der Waals surface area contributed by atoms with Crippen LogP contribution in [0.4, 0.5) is 20.2 Å². The van der Waals surface area contributed by atoms with Crippen LogP contribution < -0.4 is 24.8 Å². The van der Waals surface area contributed by atoms with Gasteiger partial charge >= 0.3 is 0 Å². The number of hydrogen-bond donors (Lipinski definition) is 2. The van der Waals surface area contributed by atoms with Gasteiger partial charge in [0.15, 0.2) is 11.5 Å². The first-order valence-corrected chi connectivity index (χ1v) is 7.77. The number of carbonyl (C=O) groups excluding carboxylic acids is 1. The number of carbonyl (C=O) groups is 1. The molecule has 0 heterocycles. The van der Waals surface area contributed by atoms with E-state index in [9.17, 15) is 13.6 Å². The normalized spacial score (nSPS) is 10.2. The van der Waals surface area contributed by atoms with Crippen molar-refractivity contribution in [3.63, 3.8) is 0 Å². The summed E-state index contributed by atoms with van der Waals surface area (Å²) < 4.78 is 42.0. The summed E-state index contributed by atoms with van der Waals surface area (Å²) in [5.74, 6) is -0.429. The summed E-state index contributed by atoms with van der Waals surface area (Å²) in [6.45, 7) is 0.179. The Balaban J connectivity index is 1.97. The van der Waals surface area contributed by atoms with E-state index in [4.69, 9.17) is 14.2 Å². The molecule has 8 heteroatoms. The monoisotopic (exact) mass is 366 g/mol. The first-order chi connectivity index (χ1) is 12.5. The summed E-state index contributed by atoms with van der Waals surface area (Å²) >= 11 is 0. The molecule has 140 valence electrons. The minimum absolute atomic E-state index is 0.0769. The molecule has 0 atom stereocenters. The topological polar surface area (TPSA) is 68.8 Å². The molecule has 0 saturated carbocycles. The fourth-order valence-electron chi connectivity index (χ4n) is 2.32. The number of ether oxygens (including phenoxy) is 3. The molecular formula is C18H20F2N2O4. The Morgan fingerprint density at radius 1 is 1.00 bits per heavy atom. The highest BCUT2D eigenvalue weighted by Crippen LogP contribution is 2.39. The van der Waals surface area contributed by atoms with E-state index in [-0.39, 0.29) is 24.6 Å². The number of halogens is 2. The lowest BCUT2D eigenvalue weighted by Gasteiger charge is -2.14. The molecule has 0 bridgehead atoms. The van der Waals surface area contributed by atoms with Gasteiger partial charge in [-0.1, -0.05) is 0 Å². The molecule has 2 N–H and O–H groups in total. The van der Waals surface area contributed by atoms with Crippen molar-refractivity contribution in [2.24, 2.45) is 0 Å². The second kappa shape index (κ2) is 8.89. The molecule has 26 heavy (non-hydrogen) atoms. The summed E-state index contributed by atoms with van der Waals surface area (Å²) in [4.78, 5) is 12.1. The van der Waals surface area contributed by atoms with Crippen LogP contribution in [0.25, 0.3) is 0 Å². The van der Waals surface area contributed by atoms with Crippen molar-refractivity contribution in [3.8, 4) is 17.2 Å². The van der Waals surface area contributed by atoms with Gasteiger partial charge in [0.2, 0.25) is 11.7 Å². The summed E-state index contributed by atoms with van der Waals surface area (Å²) in [5.41, 5.74) is 0.601. The van der Waals surface area contributed by atoms with Crippen molar-refractivity contribution in [2.45, 2.75) is 6.42 Å². The Bertz CT molecular complexity index is 759. The molecular weight excluding hydrogens is 346 g/mol. The molecule has 0 aliphatic carbocycles. The van der Waals surface area contributed by atoms with Gasteiger partial charge in [0.25, 0.3) is 0 Å². The van der Waals surface area contributed by atoms with Gasteiger partial charge in [-0.25, -0.2) is 8.78 Å². The standard InChI is InChI=1S/C18H20F2N2O4/c1-24-15-9-12(10-16(25-2)18(15)26-3)22-17(23)6-7-21-14-5-4-11(19)8-13(14)20/h4-5,8-10,21H,6-7H2,1-3H3,(H,22,23). The van der Waals surface area contributed by atoms with Crippen molar-refractivity contribution >= 4 is 17.3 Å². The Morgan fingerprint density at radius 2 is 1.65 bits per heavy atom. The number of anilines is 2. The van der Waals surface area contributed by atoms with Gasteiger partial charge in [-0.3, -0.25) is 4.79 Å². The Morgan fingerprint density at radius 3 is 2.19 bits per heavy atom. The number of amides is 1. The van der Waals surface area contributed by atoms with E-state index in [2.05, 4.69) is 10.6 Å². The highest BCUT2D eigenvalue weighted by Gasteiger charge is 2.14. The van der Waals surface area contributed by atoms with Crippen LogP contribution in [0.1, 0.15) is 6.42 Å². The molecule has 0 aliphatic heterocycles. The second-order valence-electron chi connectivity index (χ2n) is 5.26. The summed E-state index contributed by atoms with van der Waals surface area (Å²) in [6, 6.07) is 6.40. The largest absolute Gasteiger partial charge is 0.493 e. The van der Waals surface area contributed by atoms with E-state index in [1.807, 2.05) is 0 Å². The lowest BCUT2D eigenvalue weighted by molar-refractivity contribution is -0.115. The third-order valence-electron chi connectivity index (χ3n) is 3.55. The third-order valence-corrected chi connectivity index (χ3v) is 3.55. The van der Waals surface area contributed by atoms with Crippen LogP contribution in [0.5, 0.6) is 17.2 Å². The predicted molar refractivity (Wildman–Crippen MR) is 94.2 cm³/mol. The third kappa shape index (κ3) is 4.75. The Kier molecular flexibility index (Phi) is 6.60. The fourth-order valence-corrected chi connectivity index (χ4v) is 2.32. The number of rotatable bonds is 8. The zero-order chi connectivity index (χ0) is 19.1. The van der Waals surface area contributed by atoms with Gasteiger partial charge in [0, 0.05) is 36.9 Å². The number of benzene rings is 2.